The molecule has 0 bridgehead atoms. The number of hydroxylamine groups is 2. The summed E-state index contributed by atoms with van der Waals surface area (Å²) in [5, 5.41) is 14.9. The largest absolute Gasteiger partial charge is 0.493 e. The van der Waals surface area contributed by atoms with E-state index in [1.165, 1.54) is 5.57 Å². The lowest BCUT2D eigenvalue weighted by molar-refractivity contribution is -0.127. The summed E-state index contributed by atoms with van der Waals surface area (Å²) in [5.41, 5.74) is 1.07. The molecule has 6 heteroatoms. The van der Waals surface area contributed by atoms with Gasteiger partial charge in [0, 0.05) is 31.5 Å². The van der Waals surface area contributed by atoms with E-state index in [1.54, 1.807) is 14.2 Å². The van der Waals surface area contributed by atoms with Crippen LogP contribution >= 0.6 is 0 Å². The number of aliphatic hydroxyl groups excluding tert-OH is 1. The highest BCUT2D eigenvalue weighted by molar-refractivity contribution is 5.78. The van der Waals surface area contributed by atoms with Crippen LogP contribution in [0.3, 0.4) is 0 Å². The lowest BCUT2D eigenvalue weighted by atomic mass is 9.60. The minimum absolute atomic E-state index is 0.00736. The van der Waals surface area contributed by atoms with Crippen molar-refractivity contribution in [2.24, 2.45) is 17.3 Å². The molecule has 1 spiro atoms. The number of carbonyl (C=O) groups excluding carboxylic acids is 1. The SMILES string of the molecule is CNC(=O)C1CCC2OC3=C4C(C[C@@H](O)C3)CN(OC)C=CC42C1. The summed E-state index contributed by atoms with van der Waals surface area (Å²) >= 11 is 0. The van der Waals surface area contributed by atoms with E-state index in [-0.39, 0.29) is 35.4 Å². The van der Waals surface area contributed by atoms with Crippen LogP contribution in [0.4, 0.5) is 0 Å². The first-order valence-corrected chi connectivity index (χ1v) is 8.87. The third-order valence-corrected chi connectivity index (χ3v) is 6.20. The lowest BCUT2D eigenvalue weighted by Gasteiger charge is -2.42. The average molecular weight is 334 g/mol. The van der Waals surface area contributed by atoms with Gasteiger partial charge < -0.3 is 15.2 Å². The third-order valence-electron chi connectivity index (χ3n) is 6.20. The number of hydrogen-bond donors (Lipinski definition) is 2. The molecule has 5 atom stereocenters. The molecule has 0 aromatic rings. The third kappa shape index (κ3) is 2.27. The quantitative estimate of drug-likeness (QED) is 0.797. The normalized spacial score (nSPS) is 40.5. The molecule has 0 radical (unpaired) electrons. The zero-order valence-electron chi connectivity index (χ0n) is 14.3. The van der Waals surface area contributed by atoms with E-state index >= 15 is 0 Å². The summed E-state index contributed by atoms with van der Waals surface area (Å²) in [6, 6.07) is 0. The molecule has 2 aliphatic heterocycles. The smallest absolute Gasteiger partial charge is 0.222 e. The number of amides is 1. The predicted molar refractivity (Wildman–Crippen MR) is 87.3 cm³/mol. The van der Waals surface area contributed by atoms with E-state index in [2.05, 4.69) is 11.4 Å². The van der Waals surface area contributed by atoms with E-state index in [0.29, 0.717) is 13.0 Å². The molecular formula is C18H26N2O4. The van der Waals surface area contributed by atoms with E-state index < -0.39 is 0 Å². The second kappa shape index (κ2) is 5.77. The maximum Gasteiger partial charge on any atom is 0.222 e. The molecule has 6 nitrogen and oxygen atoms in total. The molecule has 2 N–H and O–H groups in total. The van der Waals surface area contributed by atoms with Gasteiger partial charge in [-0.05, 0) is 31.3 Å². The van der Waals surface area contributed by atoms with Gasteiger partial charge in [0.15, 0.2) is 0 Å². The Kier molecular flexibility index (Phi) is 3.84. The molecule has 0 aromatic carbocycles. The van der Waals surface area contributed by atoms with Crippen molar-refractivity contribution in [3.05, 3.63) is 23.6 Å². The van der Waals surface area contributed by atoms with Crippen molar-refractivity contribution < 1.29 is 19.5 Å². The molecule has 0 aromatic heterocycles. The van der Waals surface area contributed by atoms with Gasteiger partial charge in [0.05, 0.1) is 30.9 Å². The topological polar surface area (TPSA) is 71.0 Å². The first-order chi connectivity index (χ1) is 11.6. The second-order valence-electron chi connectivity index (χ2n) is 7.46. The number of ether oxygens (including phenoxy) is 1. The van der Waals surface area contributed by atoms with Gasteiger partial charge >= 0.3 is 0 Å². The molecule has 0 saturated heterocycles. The van der Waals surface area contributed by atoms with Gasteiger partial charge in [-0.25, -0.2) is 0 Å². The van der Waals surface area contributed by atoms with Crippen molar-refractivity contribution in [1.29, 1.82) is 0 Å². The van der Waals surface area contributed by atoms with E-state index in [4.69, 9.17) is 9.57 Å². The first-order valence-electron chi connectivity index (χ1n) is 8.87. The molecule has 4 unspecified atom stereocenters. The van der Waals surface area contributed by atoms with Crippen LogP contribution in [0.1, 0.15) is 32.1 Å². The van der Waals surface area contributed by atoms with Gasteiger partial charge in [-0.3, -0.25) is 14.7 Å². The Labute approximate surface area is 142 Å². The van der Waals surface area contributed by atoms with Crippen molar-refractivity contribution in [2.45, 2.75) is 44.3 Å². The molecule has 1 saturated carbocycles. The highest BCUT2D eigenvalue weighted by atomic mass is 16.7. The monoisotopic (exact) mass is 334 g/mol. The lowest BCUT2D eigenvalue weighted by Crippen LogP contribution is -2.44. The summed E-state index contributed by atoms with van der Waals surface area (Å²) in [6.45, 7) is 0.714. The Morgan fingerprint density at radius 2 is 2.33 bits per heavy atom. The Morgan fingerprint density at radius 3 is 3.08 bits per heavy atom. The Morgan fingerprint density at radius 1 is 1.50 bits per heavy atom. The van der Waals surface area contributed by atoms with Gasteiger partial charge in [0.1, 0.15) is 6.10 Å². The van der Waals surface area contributed by atoms with Crippen LogP contribution in [-0.4, -0.2) is 49.0 Å². The van der Waals surface area contributed by atoms with Crippen molar-refractivity contribution in [1.82, 2.24) is 10.4 Å². The number of rotatable bonds is 2. The molecule has 2 aliphatic carbocycles. The second-order valence-corrected chi connectivity index (χ2v) is 7.46. The molecule has 24 heavy (non-hydrogen) atoms. The number of nitrogens with zero attached hydrogens (tertiary/aromatic N) is 1. The highest BCUT2D eigenvalue weighted by Crippen LogP contribution is 2.59. The van der Waals surface area contributed by atoms with Crippen LogP contribution < -0.4 is 5.32 Å². The van der Waals surface area contributed by atoms with Gasteiger partial charge in [-0.2, -0.15) is 0 Å². The van der Waals surface area contributed by atoms with Crippen LogP contribution in [0, 0.1) is 17.3 Å². The summed E-state index contributed by atoms with van der Waals surface area (Å²) in [6.07, 6.45) is 7.70. The molecule has 2 heterocycles. The fraction of sp³-hybridized carbons (Fsp3) is 0.722. The Bertz CT molecular complexity index is 602. The van der Waals surface area contributed by atoms with Crippen LogP contribution in [0.2, 0.25) is 0 Å². The van der Waals surface area contributed by atoms with Gasteiger partial charge in [-0.1, -0.05) is 6.08 Å². The number of hydrogen-bond acceptors (Lipinski definition) is 5. The van der Waals surface area contributed by atoms with Crippen molar-refractivity contribution in [3.63, 3.8) is 0 Å². The maximum absolute atomic E-state index is 12.3. The highest BCUT2D eigenvalue weighted by Gasteiger charge is 2.57. The standard InChI is InChI=1S/C18H26N2O4/c1-19-17(22)11-3-4-15-18(9-11)5-6-20(23-2)10-12-7-13(21)8-14(24-15)16(12)18/h5-6,11-13,15,21H,3-4,7-10H2,1-2H3,(H,19,22)/t11?,12?,13-,15?,18?/m1/s1. The zero-order valence-corrected chi connectivity index (χ0v) is 14.3. The van der Waals surface area contributed by atoms with Crippen LogP contribution in [0.25, 0.3) is 0 Å². The van der Waals surface area contributed by atoms with E-state index in [1.807, 2.05) is 11.3 Å². The summed E-state index contributed by atoms with van der Waals surface area (Å²) < 4.78 is 6.31. The minimum atomic E-state index is -0.363. The molecule has 4 aliphatic rings. The number of carbonyl (C=O) groups is 1. The summed E-state index contributed by atoms with van der Waals surface area (Å²) in [7, 11) is 3.37. The molecule has 1 amide bonds. The molecule has 132 valence electrons. The Balaban J connectivity index is 1.77. The van der Waals surface area contributed by atoms with Crippen molar-refractivity contribution in [3.8, 4) is 0 Å². The molecular weight excluding hydrogens is 308 g/mol. The van der Waals surface area contributed by atoms with Crippen LogP contribution in [0.15, 0.2) is 23.6 Å². The predicted octanol–water partition coefficient (Wildman–Crippen LogP) is 1.33. The average Bonchev–Trinajstić information content (AvgIpc) is 2.81. The van der Waals surface area contributed by atoms with E-state index in [9.17, 15) is 9.90 Å². The van der Waals surface area contributed by atoms with Crippen molar-refractivity contribution in [2.75, 3.05) is 20.7 Å². The summed E-state index contributed by atoms with van der Waals surface area (Å²) in [5.74, 6) is 1.29. The Hall–Kier alpha value is -1.53. The van der Waals surface area contributed by atoms with Crippen molar-refractivity contribution >= 4 is 5.91 Å². The molecule has 1 fully saturated rings. The van der Waals surface area contributed by atoms with Gasteiger partial charge in [0.25, 0.3) is 0 Å². The number of nitrogens with one attached hydrogen (secondary N) is 1. The minimum Gasteiger partial charge on any atom is -0.493 e. The maximum atomic E-state index is 12.3. The zero-order chi connectivity index (χ0) is 16.9. The summed E-state index contributed by atoms with van der Waals surface area (Å²) in [4.78, 5) is 17.7. The molecule has 4 rings (SSSR count). The van der Waals surface area contributed by atoms with Gasteiger partial charge in [-0.15, -0.1) is 0 Å². The fourth-order valence-electron chi connectivity index (χ4n) is 5.19. The fourth-order valence-corrected chi connectivity index (χ4v) is 5.19. The van der Waals surface area contributed by atoms with Crippen LogP contribution in [-0.2, 0) is 14.4 Å². The van der Waals surface area contributed by atoms with E-state index in [0.717, 1.165) is 31.4 Å². The van der Waals surface area contributed by atoms with Gasteiger partial charge in [0.2, 0.25) is 5.91 Å². The van der Waals surface area contributed by atoms with Crippen LogP contribution in [0.5, 0.6) is 0 Å². The first kappa shape index (κ1) is 16.0. The number of aliphatic hydroxyl groups is 1.